The van der Waals surface area contributed by atoms with Crippen molar-refractivity contribution in [2.24, 2.45) is 11.5 Å². The third-order valence-corrected chi connectivity index (χ3v) is 5.90. The molecule has 44 heavy (non-hydrogen) atoms. The molecule has 0 aromatic rings. The van der Waals surface area contributed by atoms with Gasteiger partial charge < -0.3 is 11.5 Å². The van der Waals surface area contributed by atoms with Gasteiger partial charge in [0, 0.05) is 12.8 Å². The van der Waals surface area contributed by atoms with Crippen LogP contribution in [0.25, 0.3) is 0 Å². The van der Waals surface area contributed by atoms with Crippen LogP contribution in [0.5, 0.6) is 0 Å². The predicted octanol–water partition coefficient (Wildman–Crippen LogP) is 10.8. The van der Waals surface area contributed by atoms with Crippen LogP contribution in [0.3, 0.4) is 0 Å². The van der Waals surface area contributed by atoms with Crippen molar-refractivity contribution >= 4 is 11.8 Å². The lowest BCUT2D eigenvalue weighted by Gasteiger charge is -1.90. The van der Waals surface area contributed by atoms with Crippen LogP contribution >= 0.6 is 0 Å². The molecule has 0 aromatic carbocycles. The van der Waals surface area contributed by atoms with Crippen molar-refractivity contribution in [3.05, 3.63) is 122 Å². The molecule has 0 spiro atoms. The minimum atomic E-state index is -0.215. The van der Waals surface area contributed by atoms with Crippen molar-refractivity contribution in [1.82, 2.24) is 0 Å². The Labute approximate surface area is 270 Å². The van der Waals surface area contributed by atoms with Crippen LogP contribution in [0.15, 0.2) is 122 Å². The molecule has 0 saturated carbocycles. The molecular weight excluding hydrogens is 540 g/mol. The van der Waals surface area contributed by atoms with Crippen molar-refractivity contribution < 1.29 is 9.59 Å². The molecular formula is C40H62N2O2. The van der Waals surface area contributed by atoms with Gasteiger partial charge in [0.15, 0.2) is 0 Å². The first-order valence-electron chi connectivity index (χ1n) is 16.6. The highest BCUT2D eigenvalue weighted by Crippen LogP contribution is 2.00. The lowest BCUT2D eigenvalue weighted by molar-refractivity contribution is -0.118. The molecule has 0 fully saturated rings. The van der Waals surface area contributed by atoms with Gasteiger partial charge in [-0.05, 0) is 89.9 Å². The second kappa shape index (κ2) is 39.3. The fourth-order valence-electron chi connectivity index (χ4n) is 3.53. The molecule has 0 aliphatic carbocycles. The van der Waals surface area contributed by atoms with Crippen molar-refractivity contribution in [1.29, 1.82) is 0 Å². The summed E-state index contributed by atoms with van der Waals surface area (Å²) in [5.41, 5.74) is 10.1. The van der Waals surface area contributed by atoms with Crippen LogP contribution in [-0.2, 0) is 9.59 Å². The van der Waals surface area contributed by atoms with E-state index in [2.05, 4.69) is 135 Å². The first-order chi connectivity index (χ1) is 21.5. The Kier molecular flexibility index (Phi) is 38.0. The fraction of sp³-hybridized carbons (Fsp3) is 0.450. The molecule has 4 nitrogen and oxygen atoms in total. The second-order valence-corrected chi connectivity index (χ2v) is 10.1. The zero-order valence-corrected chi connectivity index (χ0v) is 27.8. The van der Waals surface area contributed by atoms with Crippen LogP contribution in [-0.4, -0.2) is 11.8 Å². The van der Waals surface area contributed by atoms with E-state index in [9.17, 15) is 9.59 Å². The van der Waals surface area contributed by atoms with Crippen LogP contribution in [0.4, 0.5) is 0 Å². The number of carbonyl (C=O) groups excluding carboxylic acids is 2. The minimum absolute atomic E-state index is 0.215. The number of unbranched alkanes of at least 4 members (excludes halogenated alkanes) is 2. The van der Waals surface area contributed by atoms with E-state index >= 15 is 0 Å². The van der Waals surface area contributed by atoms with E-state index in [1.54, 1.807) is 0 Å². The smallest absolute Gasteiger partial charge is 0.217 e. The Morgan fingerprint density at radius 3 is 0.773 bits per heavy atom. The average molecular weight is 603 g/mol. The third kappa shape index (κ3) is 45.3. The monoisotopic (exact) mass is 602 g/mol. The maximum atomic E-state index is 10.5. The fourth-order valence-corrected chi connectivity index (χ4v) is 3.53. The van der Waals surface area contributed by atoms with Gasteiger partial charge in [0.25, 0.3) is 0 Å². The van der Waals surface area contributed by atoms with Gasteiger partial charge in [-0.3, -0.25) is 9.59 Å². The van der Waals surface area contributed by atoms with Crippen LogP contribution < -0.4 is 11.5 Å². The molecule has 0 atom stereocenters. The van der Waals surface area contributed by atoms with E-state index in [0.717, 1.165) is 89.9 Å². The Balaban J connectivity index is 0. The summed E-state index contributed by atoms with van der Waals surface area (Å²) in [4.78, 5) is 21.1. The maximum Gasteiger partial charge on any atom is 0.217 e. The Morgan fingerprint density at radius 2 is 0.568 bits per heavy atom. The van der Waals surface area contributed by atoms with Crippen molar-refractivity contribution in [3.63, 3.8) is 0 Å². The van der Waals surface area contributed by atoms with Gasteiger partial charge in [-0.1, -0.05) is 135 Å². The van der Waals surface area contributed by atoms with E-state index < -0.39 is 0 Å². The normalized spacial score (nSPS) is 12.8. The number of carbonyl (C=O) groups is 2. The molecule has 0 aromatic heterocycles. The number of primary amides is 2. The predicted molar refractivity (Wildman–Crippen MR) is 195 cm³/mol. The zero-order chi connectivity index (χ0) is 32.6. The van der Waals surface area contributed by atoms with E-state index in [-0.39, 0.29) is 11.8 Å². The molecule has 0 unspecified atom stereocenters. The van der Waals surface area contributed by atoms with Crippen LogP contribution in [0, 0.1) is 0 Å². The molecule has 0 radical (unpaired) electrons. The number of amides is 2. The molecule has 0 rings (SSSR count). The molecule has 0 bridgehead atoms. The summed E-state index contributed by atoms with van der Waals surface area (Å²) < 4.78 is 0. The third-order valence-electron chi connectivity index (χ3n) is 5.90. The van der Waals surface area contributed by atoms with E-state index in [1.807, 2.05) is 0 Å². The Morgan fingerprint density at radius 1 is 0.364 bits per heavy atom. The first kappa shape index (κ1) is 42.5. The standard InChI is InChI=1S/2C20H31NO/c2*1-2-3-4-5-6-7-8-9-10-11-12-13-14-15-16-17-18-19-20(21)22/h2*3-4,6-7,9-10,12-13,15-16H,2,5,8,11,14,17-19H2,1H3,(H2,21,22). The van der Waals surface area contributed by atoms with Crippen molar-refractivity contribution in [3.8, 4) is 0 Å². The summed E-state index contributed by atoms with van der Waals surface area (Å²) in [6.07, 6.45) is 58.3. The number of hydrogen-bond acceptors (Lipinski definition) is 2. The molecule has 0 aliphatic rings. The highest BCUT2D eigenvalue weighted by Gasteiger charge is 1.91. The van der Waals surface area contributed by atoms with Gasteiger partial charge >= 0.3 is 0 Å². The van der Waals surface area contributed by atoms with Crippen molar-refractivity contribution in [2.75, 3.05) is 0 Å². The van der Waals surface area contributed by atoms with E-state index in [1.165, 1.54) is 0 Å². The molecule has 0 heterocycles. The lowest BCUT2D eigenvalue weighted by Crippen LogP contribution is -2.09. The second-order valence-electron chi connectivity index (χ2n) is 10.1. The van der Waals surface area contributed by atoms with Crippen LogP contribution in [0.1, 0.15) is 117 Å². The summed E-state index contributed by atoms with van der Waals surface area (Å²) in [5.74, 6) is -0.431. The SMILES string of the molecule is CCC=CCC=CCC=CCC=CCC=CCCCC(N)=O.CCC=CCC=CCC=CCC=CCC=CCCCC(N)=O. The average Bonchev–Trinajstić information content (AvgIpc) is 3.00. The zero-order valence-electron chi connectivity index (χ0n) is 27.8. The molecule has 2 amide bonds. The first-order valence-corrected chi connectivity index (χ1v) is 16.6. The number of rotatable bonds is 26. The highest BCUT2D eigenvalue weighted by molar-refractivity contribution is 5.73. The summed E-state index contributed by atoms with van der Waals surface area (Å²) in [6.45, 7) is 4.30. The molecule has 4 N–H and O–H groups in total. The van der Waals surface area contributed by atoms with E-state index in [4.69, 9.17) is 11.5 Å². The van der Waals surface area contributed by atoms with Gasteiger partial charge in [0.05, 0.1) is 0 Å². The summed E-state index contributed by atoms with van der Waals surface area (Å²) in [5, 5.41) is 0. The van der Waals surface area contributed by atoms with Gasteiger partial charge in [-0.25, -0.2) is 0 Å². The van der Waals surface area contributed by atoms with Gasteiger partial charge in [0.1, 0.15) is 0 Å². The van der Waals surface area contributed by atoms with Gasteiger partial charge in [-0.2, -0.15) is 0 Å². The largest absolute Gasteiger partial charge is 0.370 e. The molecule has 0 aliphatic heterocycles. The van der Waals surface area contributed by atoms with Gasteiger partial charge in [0.2, 0.25) is 11.8 Å². The molecule has 0 saturated heterocycles. The highest BCUT2D eigenvalue weighted by atomic mass is 16.1. The van der Waals surface area contributed by atoms with Gasteiger partial charge in [-0.15, -0.1) is 0 Å². The van der Waals surface area contributed by atoms with Crippen LogP contribution in [0.2, 0.25) is 0 Å². The van der Waals surface area contributed by atoms with Crippen molar-refractivity contribution in [2.45, 2.75) is 117 Å². The summed E-state index contributed by atoms with van der Waals surface area (Å²) in [6, 6.07) is 0. The molecule has 4 heteroatoms. The lowest BCUT2D eigenvalue weighted by atomic mass is 10.2. The quantitative estimate of drug-likeness (QED) is 0.0762. The Hall–Kier alpha value is -3.66. The topological polar surface area (TPSA) is 86.2 Å². The molecule has 244 valence electrons. The number of hydrogen-bond donors (Lipinski definition) is 2. The summed E-state index contributed by atoms with van der Waals surface area (Å²) >= 11 is 0. The maximum absolute atomic E-state index is 10.5. The number of allylic oxidation sites excluding steroid dienone is 20. The number of nitrogens with two attached hydrogens (primary N) is 2. The summed E-state index contributed by atoms with van der Waals surface area (Å²) in [7, 11) is 0. The van der Waals surface area contributed by atoms with E-state index in [0.29, 0.717) is 12.8 Å². The minimum Gasteiger partial charge on any atom is -0.370 e. The Bertz CT molecular complexity index is 878.